The topological polar surface area (TPSA) is 35.5 Å². The molecule has 1 unspecified atom stereocenters. The summed E-state index contributed by atoms with van der Waals surface area (Å²) >= 11 is 3.35. The average Bonchev–Trinajstić information content (AvgIpc) is 2.49. The number of esters is 1. The van der Waals surface area contributed by atoms with Gasteiger partial charge in [-0.3, -0.25) is 4.79 Å². The molecule has 4 heteroatoms. The van der Waals surface area contributed by atoms with Gasteiger partial charge in [0.2, 0.25) is 0 Å². The lowest BCUT2D eigenvalue weighted by molar-refractivity contribution is -0.142. The zero-order valence-electron chi connectivity index (χ0n) is 13.8. The lowest BCUT2D eigenvalue weighted by Gasteiger charge is -2.32. The van der Waals surface area contributed by atoms with Gasteiger partial charge >= 0.3 is 5.97 Å². The Hall–Kier alpha value is -1.29. The molecule has 22 heavy (non-hydrogen) atoms. The predicted molar refractivity (Wildman–Crippen MR) is 93.3 cm³/mol. The fourth-order valence-corrected chi connectivity index (χ4v) is 2.75. The fourth-order valence-electron chi connectivity index (χ4n) is 2.14. The van der Waals surface area contributed by atoms with Crippen molar-refractivity contribution < 1.29 is 14.3 Å². The molecule has 122 valence electrons. The van der Waals surface area contributed by atoms with Gasteiger partial charge in [0.15, 0.2) is 0 Å². The van der Waals surface area contributed by atoms with E-state index in [0.29, 0.717) is 6.61 Å². The molecule has 2 atom stereocenters. The molecule has 0 N–H and O–H groups in total. The minimum atomic E-state index is -0.232. The van der Waals surface area contributed by atoms with Gasteiger partial charge in [-0.25, -0.2) is 0 Å². The summed E-state index contributed by atoms with van der Waals surface area (Å²) in [6, 6.07) is 7.63. The van der Waals surface area contributed by atoms with E-state index in [2.05, 4.69) is 42.8 Å². The minimum Gasteiger partial charge on any atom is -0.490 e. The third kappa shape index (κ3) is 5.16. The summed E-state index contributed by atoms with van der Waals surface area (Å²) in [5.74, 6) is 0.510. The first-order valence-electron chi connectivity index (χ1n) is 7.65. The van der Waals surface area contributed by atoms with Gasteiger partial charge in [0.1, 0.15) is 11.9 Å². The van der Waals surface area contributed by atoms with E-state index in [1.165, 1.54) is 0 Å². The van der Waals surface area contributed by atoms with Crippen LogP contribution in [0.15, 0.2) is 35.3 Å². The van der Waals surface area contributed by atoms with Gasteiger partial charge in [0, 0.05) is 11.0 Å². The molecule has 0 bridgehead atoms. The Morgan fingerprint density at radius 3 is 2.64 bits per heavy atom. The molecule has 0 saturated carbocycles. The van der Waals surface area contributed by atoms with E-state index in [-0.39, 0.29) is 23.9 Å². The standard InChI is InChI=1S/C18H25BrO3/c1-5-18(4,11-12-19)14(3)22-16-10-8-7-9-15(16)13-17(20)21-6-2/h7-12,14H,5-6,13H2,1-4H3/b12-11+/t14-,18?/m1/s1. The van der Waals surface area contributed by atoms with E-state index in [0.717, 1.165) is 17.7 Å². The molecule has 0 heterocycles. The molecule has 0 aromatic heterocycles. The number of halogens is 1. The molecule has 1 rings (SSSR count). The second kappa shape index (κ2) is 8.99. The number of carbonyl (C=O) groups is 1. The van der Waals surface area contributed by atoms with Crippen LogP contribution < -0.4 is 4.74 Å². The van der Waals surface area contributed by atoms with E-state index in [1.807, 2.05) is 36.2 Å². The summed E-state index contributed by atoms with van der Waals surface area (Å²) in [6.45, 7) is 8.54. The molecule has 0 amide bonds. The summed E-state index contributed by atoms with van der Waals surface area (Å²) in [5, 5.41) is 0. The molecule has 0 spiro atoms. The number of hydrogen-bond acceptors (Lipinski definition) is 3. The maximum absolute atomic E-state index is 11.7. The van der Waals surface area contributed by atoms with Crippen LogP contribution in [0.5, 0.6) is 5.75 Å². The van der Waals surface area contributed by atoms with Gasteiger partial charge in [0.25, 0.3) is 0 Å². The van der Waals surface area contributed by atoms with Crippen molar-refractivity contribution in [1.29, 1.82) is 0 Å². The Morgan fingerprint density at radius 2 is 2.05 bits per heavy atom. The van der Waals surface area contributed by atoms with E-state index in [1.54, 1.807) is 0 Å². The Morgan fingerprint density at radius 1 is 1.36 bits per heavy atom. The van der Waals surface area contributed by atoms with Gasteiger partial charge in [-0.1, -0.05) is 54.1 Å². The lowest BCUT2D eigenvalue weighted by atomic mass is 9.82. The van der Waals surface area contributed by atoms with Crippen molar-refractivity contribution in [3.8, 4) is 5.75 Å². The molecular formula is C18H25BrO3. The highest BCUT2D eigenvalue weighted by molar-refractivity contribution is 9.11. The van der Waals surface area contributed by atoms with Crippen LogP contribution in [0, 0.1) is 5.41 Å². The molecule has 0 radical (unpaired) electrons. The molecule has 0 aliphatic carbocycles. The zero-order chi connectivity index (χ0) is 16.6. The maximum Gasteiger partial charge on any atom is 0.310 e. The predicted octanol–water partition coefficient (Wildman–Crippen LogP) is 4.88. The smallest absolute Gasteiger partial charge is 0.310 e. The van der Waals surface area contributed by atoms with E-state index in [4.69, 9.17) is 9.47 Å². The molecule has 0 aliphatic rings. The van der Waals surface area contributed by atoms with E-state index >= 15 is 0 Å². The van der Waals surface area contributed by atoms with E-state index < -0.39 is 0 Å². The SMILES string of the molecule is CCOC(=O)Cc1ccccc1O[C@H](C)C(C)(/C=C/Br)CC. The zero-order valence-corrected chi connectivity index (χ0v) is 15.4. The summed E-state index contributed by atoms with van der Waals surface area (Å²) in [5.41, 5.74) is 0.773. The highest BCUT2D eigenvalue weighted by Gasteiger charge is 2.28. The maximum atomic E-state index is 11.7. The molecule has 1 aromatic rings. The fraction of sp³-hybridized carbons (Fsp3) is 0.500. The summed E-state index contributed by atoms with van der Waals surface area (Å²) in [4.78, 5) is 13.6. The van der Waals surface area contributed by atoms with Crippen LogP contribution >= 0.6 is 15.9 Å². The van der Waals surface area contributed by atoms with Crippen LogP contribution in [0.4, 0.5) is 0 Å². The van der Waals surface area contributed by atoms with Crippen LogP contribution in [0.25, 0.3) is 0 Å². The molecule has 0 fully saturated rings. The van der Waals surface area contributed by atoms with Gasteiger partial charge < -0.3 is 9.47 Å². The van der Waals surface area contributed by atoms with Crippen LogP contribution in [0.1, 0.15) is 39.7 Å². The molecule has 3 nitrogen and oxygen atoms in total. The highest BCUT2D eigenvalue weighted by Crippen LogP contribution is 2.32. The van der Waals surface area contributed by atoms with Crippen molar-refractivity contribution in [2.45, 2.75) is 46.6 Å². The number of benzene rings is 1. The van der Waals surface area contributed by atoms with Crippen molar-refractivity contribution >= 4 is 21.9 Å². The Bertz CT molecular complexity index is 513. The largest absolute Gasteiger partial charge is 0.490 e. The number of para-hydroxylation sites is 1. The first-order valence-corrected chi connectivity index (χ1v) is 8.56. The van der Waals surface area contributed by atoms with E-state index in [9.17, 15) is 4.79 Å². The second-order valence-corrected chi connectivity index (χ2v) is 6.03. The Labute approximate surface area is 141 Å². The van der Waals surface area contributed by atoms with Gasteiger partial charge in [-0.2, -0.15) is 0 Å². The van der Waals surface area contributed by atoms with Crippen molar-refractivity contribution in [3.63, 3.8) is 0 Å². The number of carbonyl (C=O) groups excluding carboxylic acids is 1. The van der Waals surface area contributed by atoms with Crippen molar-refractivity contribution in [1.82, 2.24) is 0 Å². The van der Waals surface area contributed by atoms with Crippen molar-refractivity contribution in [2.24, 2.45) is 5.41 Å². The Balaban J connectivity index is 2.91. The second-order valence-electron chi connectivity index (χ2n) is 5.50. The van der Waals surface area contributed by atoms with Crippen molar-refractivity contribution in [2.75, 3.05) is 6.61 Å². The first-order chi connectivity index (χ1) is 10.5. The van der Waals surface area contributed by atoms with Crippen LogP contribution in [-0.4, -0.2) is 18.7 Å². The molecular weight excluding hydrogens is 344 g/mol. The third-order valence-electron chi connectivity index (χ3n) is 4.05. The monoisotopic (exact) mass is 368 g/mol. The summed E-state index contributed by atoms with van der Waals surface area (Å²) < 4.78 is 11.2. The van der Waals surface area contributed by atoms with Crippen LogP contribution in [-0.2, 0) is 16.0 Å². The molecule has 0 aliphatic heterocycles. The molecule has 1 aromatic carbocycles. The van der Waals surface area contributed by atoms with Gasteiger partial charge in [-0.15, -0.1) is 0 Å². The summed E-state index contributed by atoms with van der Waals surface area (Å²) in [6.07, 6.45) is 3.27. The minimum absolute atomic E-state index is 0.0188. The highest BCUT2D eigenvalue weighted by atomic mass is 79.9. The lowest BCUT2D eigenvalue weighted by Crippen LogP contribution is -2.32. The average molecular weight is 369 g/mol. The first kappa shape index (κ1) is 18.8. The van der Waals surface area contributed by atoms with Gasteiger partial charge in [0.05, 0.1) is 13.0 Å². The summed E-state index contributed by atoms with van der Waals surface area (Å²) in [7, 11) is 0. The Kier molecular flexibility index (Phi) is 7.66. The third-order valence-corrected chi connectivity index (χ3v) is 4.32. The normalized spacial score (nSPS) is 15.3. The number of rotatable bonds is 8. The number of hydrogen-bond donors (Lipinski definition) is 0. The van der Waals surface area contributed by atoms with Crippen molar-refractivity contribution in [3.05, 3.63) is 40.9 Å². The number of ether oxygens (including phenoxy) is 2. The molecule has 0 saturated heterocycles. The quantitative estimate of drug-likeness (QED) is 0.613. The van der Waals surface area contributed by atoms with Crippen LogP contribution in [0.2, 0.25) is 0 Å². The van der Waals surface area contributed by atoms with Crippen LogP contribution in [0.3, 0.4) is 0 Å². The van der Waals surface area contributed by atoms with Gasteiger partial charge in [-0.05, 0) is 31.3 Å².